The van der Waals surface area contributed by atoms with Crippen LogP contribution in [0.1, 0.15) is 19.8 Å². The number of alkyl halides is 2. The lowest BCUT2D eigenvalue weighted by Crippen LogP contribution is -2.36. The number of hydrogen-bond donors (Lipinski definition) is 1. The van der Waals surface area contributed by atoms with Crippen molar-refractivity contribution in [3.63, 3.8) is 0 Å². The second kappa shape index (κ2) is 2.13. The van der Waals surface area contributed by atoms with Gasteiger partial charge in [-0.05, 0) is 0 Å². The summed E-state index contributed by atoms with van der Waals surface area (Å²) in [7, 11) is 0. The van der Waals surface area contributed by atoms with Gasteiger partial charge < -0.3 is 9.84 Å². The summed E-state index contributed by atoms with van der Waals surface area (Å²) in [5.74, 6) is -5.20. The van der Waals surface area contributed by atoms with Crippen LogP contribution in [-0.4, -0.2) is 23.4 Å². The predicted molar refractivity (Wildman–Crippen MR) is 30.8 cm³/mol. The first-order valence-electron chi connectivity index (χ1n) is 3.26. The Morgan fingerprint density at radius 1 is 1.70 bits per heavy atom. The van der Waals surface area contributed by atoms with E-state index in [1.807, 2.05) is 0 Å². The molecule has 0 aromatic heterocycles. The Bertz CT molecular complexity index is 132. The third-order valence-corrected chi connectivity index (χ3v) is 1.55. The van der Waals surface area contributed by atoms with Crippen LogP contribution in [-0.2, 0) is 4.74 Å². The molecule has 1 unspecified atom stereocenters. The van der Waals surface area contributed by atoms with E-state index >= 15 is 0 Å². The maximum Gasteiger partial charge on any atom is 0.303 e. The molecule has 1 N–H and O–H groups in total. The number of rotatable bonds is 3. The first-order valence-corrected chi connectivity index (χ1v) is 3.26. The molecule has 10 heavy (non-hydrogen) atoms. The molecule has 1 aliphatic heterocycles. The minimum Gasteiger partial charge on any atom is -0.359 e. The normalized spacial score (nSPS) is 32.4. The van der Waals surface area contributed by atoms with E-state index in [2.05, 4.69) is 4.74 Å². The number of ether oxygens (including phenoxy) is 1. The van der Waals surface area contributed by atoms with Crippen LogP contribution >= 0.6 is 0 Å². The minimum absolute atomic E-state index is 0.236. The van der Waals surface area contributed by atoms with E-state index in [0.717, 1.165) is 0 Å². The lowest BCUT2D eigenvalue weighted by atomic mass is 10.1. The van der Waals surface area contributed by atoms with Gasteiger partial charge in [-0.2, -0.15) is 0 Å². The highest BCUT2D eigenvalue weighted by atomic mass is 19.3. The Morgan fingerprint density at radius 3 is 2.50 bits per heavy atom. The summed E-state index contributed by atoms with van der Waals surface area (Å²) in [6, 6.07) is 0. The highest BCUT2D eigenvalue weighted by molar-refractivity contribution is 4.93. The average Bonchev–Trinajstić information content (AvgIpc) is 2.49. The van der Waals surface area contributed by atoms with Crippen LogP contribution in [0, 0.1) is 0 Å². The molecule has 1 atom stereocenters. The van der Waals surface area contributed by atoms with Crippen LogP contribution in [0.2, 0.25) is 0 Å². The zero-order valence-corrected chi connectivity index (χ0v) is 5.73. The summed E-state index contributed by atoms with van der Waals surface area (Å²) in [5.41, 5.74) is 0. The topological polar surface area (TPSA) is 32.8 Å². The molecule has 1 saturated heterocycles. The highest BCUT2D eigenvalue weighted by Crippen LogP contribution is 2.42. The smallest absolute Gasteiger partial charge is 0.303 e. The van der Waals surface area contributed by atoms with Gasteiger partial charge in [-0.3, -0.25) is 0 Å². The van der Waals surface area contributed by atoms with E-state index in [9.17, 15) is 8.78 Å². The Balaban J connectivity index is 2.50. The van der Waals surface area contributed by atoms with Crippen LogP contribution in [0.15, 0.2) is 0 Å². The fourth-order valence-electron chi connectivity index (χ4n) is 0.789. The van der Waals surface area contributed by atoms with Gasteiger partial charge in [0.2, 0.25) is 0 Å². The van der Waals surface area contributed by atoms with E-state index in [4.69, 9.17) is 5.11 Å². The number of aliphatic hydroxyl groups is 1. The molecular formula is C6H10F2O2. The molecule has 2 nitrogen and oxygen atoms in total. The quantitative estimate of drug-likeness (QED) is 0.615. The van der Waals surface area contributed by atoms with Crippen LogP contribution < -0.4 is 0 Å². The molecule has 1 heterocycles. The van der Waals surface area contributed by atoms with Crippen molar-refractivity contribution in [3.05, 3.63) is 0 Å². The number of hydrogen-bond acceptors (Lipinski definition) is 2. The van der Waals surface area contributed by atoms with Crippen molar-refractivity contribution in [2.24, 2.45) is 0 Å². The largest absolute Gasteiger partial charge is 0.359 e. The van der Waals surface area contributed by atoms with Gasteiger partial charge in [0.05, 0.1) is 0 Å². The summed E-state index contributed by atoms with van der Waals surface area (Å²) < 4.78 is 29.5. The lowest BCUT2D eigenvalue weighted by molar-refractivity contribution is -0.177. The van der Waals surface area contributed by atoms with Crippen LogP contribution in [0.5, 0.6) is 0 Å². The summed E-state index contributed by atoms with van der Waals surface area (Å²) in [6.45, 7) is 1.40. The van der Waals surface area contributed by atoms with E-state index < -0.39 is 11.7 Å². The number of halogens is 2. The average molecular weight is 152 g/mol. The zero-order chi connectivity index (χ0) is 7.83. The van der Waals surface area contributed by atoms with Crippen molar-refractivity contribution in [3.8, 4) is 0 Å². The van der Waals surface area contributed by atoms with Crippen LogP contribution in [0.4, 0.5) is 8.78 Å². The molecule has 1 fully saturated rings. The highest BCUT2D eigenvalue weighted by Gasteiger charge is 2.63. The Labute approximate surface area is 57.8 Å². The van der Waals surface area contributed by atoms with Crippen molar-refractivity contribution in [2.75, 3.05) is 6.61 Å². The van der Waals surface area contributed by atoms with Gasteiger partial charge in [0.25, 0.3) is 5.79 Å². The fraction of sp³-hybridized carbons (Fsp3) is 1.00. The maximum atomic E-state index is 12.6. The second-order valence-corrected chi connectivity index (χ2v) is 2.53. The molecule has 0 amide bonds. The molecular weight excluding hydrogens is 142 g/mol. The van der Waals surface area contributed by atoms with Gasteiger partial charge in [0.1, 0.15) is 6.61 Å². The van der Waals surface area contributed by atoms with E-state index in [1.165, 1.54) is 0 Å². The molecule has 0 aliphatic carbocycles. The molecule has 0 radical (unpaired) electrons. The monoisotopic (exact) mass is 152 g/mol. The molecule has 1 aliphatic rings. The third kappa shape index (κ3) is 1.13. The molecule has 4 heteroatoms. The Morgan fingerprint density at radius 2 is 2.20 bits per heavy atom. The standard InChI is InChI=1S/C6H10F2O2/c1-2-3-5(7,8)6(9)4-10-6/h9H,2-4H2,1H3. The van der Waals surface area contributed by atoms with E-state index in [-0.39, 0.29) is 13.0 Å². The van der Waals surface area contributed by atoms with Gasteiger partial charge in [0.15, 0.2) is 0 Å². The summed E-state index contributed by atoms with van der Waals surface area (Å²) >= 11 is 0. The van der Waals surface area contributed by atoms with Crippen molar-refractivity contribution in [1.82, 2.24) is 0 Å². The molecule has 0 aromatic rings. The first kappa shape index (κ1) is 7.88. The predicted octanol–water partition coefficient (Wildman–Crippen LogP) is 1.14. The van der Waals surface area contributed by atoms with Gasteiger partial charge in [-0.1, -0.05) is 13.3 Å². The van der Waals surface area contributed by atoms with Gasteiger partial charge >= 0.3 is 5.92 Å². The zero-order valence-electron chi connectivity index (χ0n) is 5.73. The van der Waals surface area contributed by atoms with E-state index in [0.29, 0.717) is 6.42 Å². The molecule has 1 rings (SSSR count). The first-order chi connectivity index (χ1) is 4.52. The molecule has 0 bridgehead atoms. The Kier molecular flexibility index (Phi) is 1.68. The van der Waals surface area contributed by atoms with Gasteiger partial charge in [-0.25, -0.2) is 8.78 Å². The summed E-state index contributed by atoms with van der Waals surface area (Å²) in [5, 5.41) is 8.82. The SMILES string of the molecule is CCCC(F)(F)C1(O)CO1. The molecule has 0 spiro atoms. The van der Waals surface area contributed by atoms with Gasteiger partial charge in [-0.15, -0.1) is 0 Å². The van der Waals surface area contributed by atoms with Crippen molar-refractivity contribution in [2.45, 2.75) is 31.5 Å². The third-order valence-electron chi connectivity index (χ3n) is 1.55. The van der Waals surface area contributed by atoms with E-state index in [1.54, 1.807) is 6.92 Å². The summed E-state index contributed by atoms with van der Waals surface area (Å²) in [4.78, 5) is 0. The Hall–Kier alpha value is -0.220. The minimum atomic E-state index is -3.07. The maximum absolute atomic E-state index is 12.6. The van der Waals surface area contributed by atoms with Crippen molar-refractivity contribution >= 4 is 0 Å². The van der Waals surface area contributed by atoms with Gasteiger partial charge in [0, 0.05) is 6.42 Å². The number of epoxide rings is 1. The van der Waals surface area contributed by atoms with Crippen molar-refractivity contribution < 1.29 is 18.6 Å². The fourth-order valence-corrected chi connectivity index (χ4v) is 0.789. The van der Waals surface area contributed by atoms with Crippen LogP contribution in [0.3, 0.4) is 0 Å². The molecule has 0 aromatic carbocycles. The van der Waals surface area contributed by atoms with Crippen LogP contribution in [0.25, 0.3) is 0 Å². The van der Waals surface area contributed by atoms with Crippen molar-refractivity contribution in [1.29, 1.82) is 0 Å². The molecule has 60 valence electrons. The second-order valence-electron chi connectivity index (χ2n) is 2.53. The lowest BCUT2D eigenvalue weighted by Gasteiger charge is -2.17. The summed E-state index contributed by atoms with van der Waals surface area (Å²) in [6.07, 6.45) is 0.0299. The molecule has 0 saturated carbocycles.